The lowest BCUT2D eigenvalue weighted by Gasteiger charge is -2.17. The molecule has 3 N–H and O–H groups in total. The third kappa shape index (κ3) is 4.15. The summed E-state index contributed by atoms with van der Waals surface area (Å²) < 4.78 is 13.0. The number of hydrogen-bond acceptors (Lipinski definition) is 2. The summed E-state index contributed by atoms with van der Waals surface area (Å²) in [6.07, 6.45) is 1.52. The summed E-state index contributed by atoms with van der Waals surface area (Å²) >= 11 is 0. The molecule has 1 rings (SSSR count). The first-order chi connectivity index (χ1) is 8.04. The zero-order chi connectivity index (χ0) is 12.8. The molecule has 2 atom stereocenters. The van der Waals surface area contributed by atoms with Crippen LogP contribution in [-0.4, -0.2) is 11.9 Å². The van der Waals surface area contributed by atoms with Crippen LogP contribution < -0.4 is 11.1 Å². The molecule has 1 unspecified atom stereocenters. The Morgan fingerprint density at radius 3 is 2.82 bits per heavy atom. The quantitative estimate of drug-likeness (QED) is 0.825. The summed E-state index contributed by atoms with van der Waals surface area (Å²) in [5.74, 6) is -0.495. The Morgan fingerprint density at radius 2 is 2.24 bits per heavy atom. The van der Waals surface area contributed by atoms with Crippen LogP contribution in [0.25, 0.3) is 0 Å². The Kier molecular flexibility index (Phi) is 5.10. The number of hydrogen-bond donors (Lipinski definition) is 2. The number of rotatable bonds is 5. The van der Waals surface area contributed by atoms with Crippen LogP contribution in [0.3, 0.4) is 0 Å². The first-order valence-corrected chi connectivity index (χ1v) is 5.86. The minimum Gasteiger partial charge on any atom is -0.348 e. The van der Waals surface area contributed by atoms with Crippen LogP contribution in [0.4, 0.5) is 4.39 Å². The van der Waals surface area contributed by atoms with E-state index in [9.17, 15) is 9.18 Å². The maximum atomic E-state index is 13.0. The summed E-state index contributed by atoms with van der Waals surface area (Å²) in [7, 11) is 0. The predicted molar refractivity (Wildman–Crippen MR) is 65.8 cm³/mol. The van der Waals surface area contributed by atoms with Crippen LogP contribution in [0.2, 0.25) is 0 Å². The standard InChI is InChI=1S/C13H19FN2O/c1-3-5-12(15)13(17)16-9(2)10-6-4-7-11(14)8-10/h4,6-9,12H,3,5,15H2,1-2H3,(H,16,17)/t9-,12?/m1/s1. The van der Waals surface area contributed by atoms with E-state index in [-0.39, 0.29) is 17.8 Å². The second-order valence-electron chi connectivity index (χ2n) is 4.18. The van der Waals surface area contributed by atoms with Crippen molar-refractivity contribution in [1.29, 1.82) is 0 Å². The second-order valence-corrected chi connectivity index (χ2v) is 4.18. The third-order valence-corrected chi connectivity index (χ3v) is 2.64. The molecular weight excluding hydrogens is 219 g/mol. The molecular formula is C13H19FN2O. The molecule has 1 amide bonds. The van der Waals surface area contributed by atoms with E-state index in [1.165, 1.54) is 12.1 Å². The van der Waals surface area contributed by atoms with Crippen LogP contribution in [0, 0.1) is 5.82 Å². The number of nitrogens with two attached hydrogens (primary N) is 1. The van der Waals surface area contributed by atoms with Crippen molar-refractivity contribution in [2.24, 2.45) is 5.73 Å². The van der Waals surface area contributed by atoms with Crippen molar-refractivity contribution < 1.29 is 9.18 Å². The highest BCUT2D eigenvalue weighted by molar-refractivity contribution is 5.81. The van der Waals surface area contributed by atoms with Crippen molar-refractivity contribution in [3.8, 4) is 0 Å². The predicted octanol–water partition coefficient (Wildman–Crippen LogP) is 2.13. The van der Waals surface area contributed by atoms with E-state index < -0.39 is 6.04 Å². The van der Waals surface area contributed by atoms with E-state index in [2.05, 4.69) is 5.32 Å². The van der Waals surface area contributed by atoms with Crippen LogP contribution >= 0.6 is 0 Å². The summed E-state index contributed by atoms with van der Waals surface area (Å²) in [6.45, 7) is 3.79. The van der Waals surface area contributed by atoms with Crippen molar-refractivity contribution in [2.45, 2.75) is 38.8 Å². The molecule has 0 bridgehead atoms. The zero-order valence-electron chi connectivity index (χ0n) is 10.2. The molecule has 1 aromatic carbocycles. The van der Waals surface area contributed by atoms with Gasteiger partial charge in [-0.1, -0.05) is 25.5 Å². The highest BCUT2D eigenvalue weighted by Gasteiger charge is 2.15. The average molecular weight is 238 g/mol. The minimum atomic E-state index is -0.490. The molecule has 3 nitrogen and oxygen atoms in total. The smallest absolute Gasteiger partial charge is 0.237 e. The fourth-order valence-electron chi connectivity index (χ4n) is 1.62. The lowest BCUT2D eigenvalue weighted by atomic mass is 10.1. The van der Waals surface area contributed by atoms with E-state index in [0.717, 1.165) is 12.0 Å². The maximum absolute atomic E-state index is 13.0. The zero-order valence-corrected chi connectivity index (χ0v) is 10.2. The van der Waals surface area contributed by atoms with Gasteiger partial charge in [-0.25, -0.2) is 4.39 Å². The highest BCUT2D eigenvalue weighted by Crippen LogP contribution is 2.13. The lowest BCUT2D eigenvalue weighted by Crippen LogP contribution is -2.41. The van der Waals surface area contributed by atoms with Gasteiger partial charge >= 0.3 is 0 Å². The number of carbonyl (C=O) groups is 1. The van der Waals surface area contributed by atoms with Crippen molar-refractivity contribution >= 4 is 5.91 Å². The summed E-state index contributed by atoms with van der Waals surface area (Å²) in [5.41, 5.74) is 6.44. The minimum absolute atomic E-state index is 0.191. The first-order valence-electron chi connectivity index (χ1n) is 5.86. The van der Waals surface area contributed by atoms with Gasteiger partial charge in [-0.2, -0.15) is 0 Å². The largest absolute Gasteiger partial charge is 0.348 e. The van der Waals surface area contributed by atoms with E-state index >= 15 is 0 Å². The molecule has 0 saturated heterocycles. The number of benzene rings is 1. The van der Waals surface area contributed by atoms with Gasteiger partial charge in [0.15, 0.2) is 0 Å². The molecule has 0 spiro atoms. The molecule has 0 fully saturated rings. The topological polar surface area (TPSA) is 55.1 Å². The molecule has 0 heterocycles. The molecule has 0 aliphatic rings. The number of carbonyl (C=O) groups excluding carboxylic acids is 1. The maximum Gasteiger partial charge on any atom is 0.237 e. The molecule has 4 heteroatoms. The Labute approximate surface area is 101 Å². The number of amides is 1. The van der Waals surface area contributed by atoms with Gasteiger partial charge in [-0.15, -0.1) is 0 Å². The molecule has 94 valence electrons. The van der Waals surface area contributed by atoms with Crippen molar-refractivity contribution in [3.05, 3.63) is 35.6 Å². The molecule has 0 aliphatic carbocycles. The number of halogens is 1. The van der Waals surface area contributed by atoms with Crippen molar-refractivity contribution in [2.75, 3.05) is 0 Å². The van der Waals surface area contributed by atoms with Gasteiger partial charge in [-0.05, 0) is 31.0 Å². The van der Waals surface area contributed by atoms with Gasteiger partial charge in [0.1, 0.15) is 5.82 Å². The highest BCUT2D eigenvalue weighted by atomic mass is 19.1. The van der Waals surface area contributed by atoms with Crippen molar-refractivity contribution in [1.82, 2.24) is 5.32 Å². The van der Waals surface area contributed by atoms with Crippen LogP contribution in [0.5, 0.6) is 0 Å². The first kappa shape index (κ1) is 13.6. The molecule has 0 aliphatic heterocycles. The fraction of sp³-hybridized carbons (Fsp3) is 0.462. The van der Waals surface area contributed by atoms with Gasteiger partial charge in [-0.3, -0.25) is 4.79 Å². The Hall–Kier alpha value is -1.42. The fourth-order valence-corrected chi connectivity index (χ4v) is 1.62. The summed E-state index contributed by atoms with van der Waals surface area (Å²) in [6, 6.07) is 5.47. The SMILES string of the molecule is CCCC(N)C(=O)N[C@H](C)c1cccc(F)c1. The molecule has 0 saturated carbocycles. The monoisotopic (exact) mass is 238 g/mol. The van der Waals surface area contributed by atoms with E-state index in [1.807, 2.05) is 13.8 Å². The number of nitrogens with one attached hydrogen (secondary N) is 1. The van der Waals surface area contributed by atoms with E-state index in [1.54, 1.807) is 12.1 Å². The van der Waals surface area contributed by atoms with Gasteiger partial charge in [0.2, 0.25) is 5.91 Å². The molecule has 17 heavy (non-hydrogen) atoms. The Morgan fingerprint density at radius 1 is 1.53 bits per heavy atom. The molecule has 0 radical (unpaired) electrons. The normalized spacial score (nSPS) is 14.1. The molecule has 1 aromatic rings. The van der Waals surface area contributed by atoms with Gasteiger partial charge in [0.25, 0.3) is 0 Å². The third-order valence-electron chi connectivity index (χ3n) is 2.64. The average Bonchev–Trinajstić information content (AvgIpc) is 2.29. The van der Waals surface area contributed by atoms with Crippen molar-refractivity contribution in [3.63, 3.8) is 0 Å². The van der Waals surface area contributed by atoms with Gasteiger partial charge in [0.05, 0.1) is 12.1 Å². The van der Waals surface area contributed by atoms with Gasteiger partial charge in [0, 0.05) is 0 Å². The van der Waals surface area contributed by atoms with Crippen LogP contribution in [0.1, 0.15) is 38.3 Å². The van der Waals surface area contributed by atoms with Crippen LogP contribution in [-0.2, 0) is 4.79 Å². The molecule has 0 aromatic heterocycles. The second kappa shape index (κ2) is 6.35. The Bertz CT molecular complexity index is 381. The van der Waals surface area contributed by atoms with Gasteiger partial charge < -0.3 is 11.1 Å². The van der Waals surface area contributed by atoms with Crippen LogP contribution in [0.15, 0.2) is 24.3 Å². The Balaban J connectivity index is 2.60. The van der Waals surface area contributed by atoms with E-state index in [0.29, 0.717) is 6.42 Å². The lowest BCUT2D eigenvalue weighted by molar-refractivity contribution is -0.123. The summed E-state index contributed by atoms with van der Waals surface area (Å²) in [5, 5.41) is 2.78. The summed E-state index contributed by atoms with van der Waals surface area (Å²) in [4.78, 5) is 11.7. The van der Waals surface area contributed by atoms with E-state index in [4.69, 9.17) is 5.73 Å².